The summed E-state index contributed by atoms with van der Waals surface area (Å²) in [5, 5.41) is 5.66. The fourth-order valence-corrected chi connectivity index (χ4v) is 3.13. The summed E-state index contributed by atoms with van der Waals surface area (Å²) in [7, 11) is 3.17. The monoisotopic (exact) mass is 442 g/mol. The highest BCUT2D eigenvalue weighted by Gasteiger charge is 2.06. The normalized spacial score (nSPS) is 10.9. The molecule has 6 heteroatoms. The van der Waals surface area contributed by atoms with Crippen LogP contribution < -0.4 is 20.1 Å². The molecule has 0 radical (unpaired) electrons. The summed E-state index contributed by atoms with van der Waals surface area (Å²) in [5.41, 5.74) is 3.65. The second-order valence-electron chi connectivity index (χ2n) is 7.16. The van der Waals surface area contributed by atoms with Crippen molar-refractivity contribution in [1.82, 2.24) is 0 Å². The number of amides is 2. The second kappa shape index (κ2) is 11.3. The predicted octanol–water partition coefficient (Wildman–Crippen LogP) is 5.32. The lowest BCUT2D eigenvalue weighted by atomic mass is 10.1. The number of para-hydroxylation sites is 2. The molecule has 0 fully saturated rings. The first kappa shape index (κ1) is 23.3. The Morgan fingerprint density at radius 1 is 0.727 bits per heavy atom. The van der Waals surface area contributed by atoms with Gasteiger partial charge in [-0.2, -0.15) is 0 Å². The molecule has 2 N–H and O–H groups in total. The average Bonchev–Trinajstić information content (AvgIpc) is 2.83. The Morgan fingerprint density at radius 2 is 1.24 bits per heavy atom. The van der Waals surface area contributed by atoms with E-state index in [0.717, 1.165) is 16.7 Å². The highest BCUT2D eigenvalue weighted by atomic mass is 16.5. The maximum atomic E-state index is 12.4. The van der Waals surface area contributed by atoms with Crippen LogP contribution in [-0.4, -0.2) is 26.0 Å². The molecule has 3 aromatic rings. The van der Waals surface area contributed by atoms with Crippen molar-refractivity contribution >= 4 is 35.3 Å². The number of nitrogens with one attached hydrogen (secondary N) is 2. The number of carbonyl (C=O) groups excluding carboxylic acids is 2. The molecule has 2 amide bonds. The van der Waals surface area contributed by atoms with Gasteiger partial charge in [0.05, 0.1) is 14.2 Å². The van der Waals surface area contributed by atoms with E-state index in [1.165, 1.54) is 12.2 Å². The zero-order valence-electron chi connectivity index (χ0n) is 18.8. The van der Waals surface area contributed by atoms with Crippen LogP contribution in [0, 0.1) is 6.92 Å². The molecule has 0 atom stereocenters. The van der Waals surface area contributed by atoms with Crippen molar-refractivity contribution in [3.63, 3.8) is 0 Å². The van der Waals surface area contributed by atoms with Crippen molar-refractivity contribution in [3.05, 3.63) is 95.6 Å². The molecule has 0 saturated heterocycles. The van der Waals surface area contributed by atoms with E-state index in [0.29, 0.717) is 22.9 Å². The number of benzene rings is 3. The molecule has 0 saturated carbocycles. The van der Waals surface area contributed by atoms with Crippen molar-refractivity contribution in [1.29, 1.82) is 0 Å². The summed E-state index contributed by atoms with van der Waals surface area (Å²) in [5.74, 6) is 0.785. The third-order valence-corrected chi connectivity index (χ3v) is 4.87. The van der Waals surface area contributed by atoms with Crippen LogP contribution in [0.25, 0.3) is 12.2 Å². The van der Waals surface area contributed by atoms with Gasteiger partial charge in [-0.25, -0.2) is 0 Å². The van der Waals surface area contributed by atoms with E-state index in [1.807, 2.05) is 61.5 Å². The smallest absolute Gasteiger partial charge is 0.248 e. The number of ether oxygens (including phenoxy) is 2. The molecule has 0 spiro atoms. The molecule has 0 aliphatic rings. The van der Waals surface area contributed by atoms with E-state index in [2.05, 4.69) is 10.6 Å². The first-order valence-electron chi connectivity index (χ1n) is 10.3. The fourth-order valence-electron chi connectivity index (χ4n) is 3.13. The summed E-state index contributed by atoms with van der Waals surface area (Å²) >= 11 is 0. The molecule has 0 aromatic heterocycles. The van der Waals surface area contributed by atoms with Crippen LogP contribution in [0.2, 0.25) is 0 Å². The van der Waals surface area contributed by atoms with Gasteiger partial charge in [-0.1, -0.05) is 42.5 Å². The lowest BCUT2D eigenvalue weighted by Gasteiger charge is -2.10. The van der Waals surface area contributed by atoms with Crippen molar-refractivity contribution in [3.8, 4) is 11.5 Å². The van der Waals surface area contributed by atoms with E-state index < -0.39 is 0 Å². The Bertz CT molecular complexity index is 1200. The SMILES string of the molecule is COc1ccccc1C=CC(=O)Nc1ccc(C)c(NC(=O)C=Cc2ccccc2OC)c1. The summed E-state index contributed by atoms with van der Waals surface area (Å²) < 4.78 is 10.6. The Morgan fingerprint density at radius 3 is 1.79 bits per heavy atom. The summed E-state index contributed by atoms with van der Waals surface area (Å²) in [6, 6.07) is 20.2. The van der Waals surface area contributed by atoms with Crippen LogP contribution in [0.1, 0.15) is 16.7 Å². The van der Waals surface area contributed by atoms with E-state index >= 15 is 0 Å². The minimum atomic E-state index is -0.293. The minimum absolute atomic E-state index is 0.288. The molecule has 33 heavy (non-hydrogen) atoms. The lowest BCUT2D eigenvalue weighted by molar-refractivity contribution is -0.112. The zero-order valence-corrected chi connectivity index (χ0v) is 18.8. The van der Waals surface area contributed by atoms with Gasteiger partial charge in [0.1, 0.15) is 11.5 Å². The molecule has 3 aromatic carbocycles. The van der Waals surface area contributed by atoms with Gasteiger partial charge in [0.25, 0.3) is 0 Å². The Balaban J connectivity index is 1.66. The molecule has 0 bridgehead atoms. The van der Waals surface area contributed by atoms with Crippen LogP contribution >= 0.6 is 0 Å². The van der Waals surface area contributed by atoms with E-state index in [9.17, 15) is 9.59 Å². The van der Waals surface area contributed by atoms with Gasteiger partial charge in [0.15, 0.2) is 0 Å². The topological polar surface area (TPSA) is 76.7 Å². The molecular formula is C27H26N2O4. The minimum Gasteiger partial charge on any atom is -0.496 e. The van der Waals surface area contributed by atoms with Crippen molar-refractivity contribution in [2.45, 2.75) is 6.92 Å². The summed E-state index contributed by atoms with van der Waals surface area (Å²) in [6.45, 7) is 1.88. The van der Waals surface area contributed by atoms with Gasteiger partial charge >= 0.3 is 0 Å². The number of aryl methyl sites for hydroxylation is 1. The maximum absolute atomic E-state index is 12.4. The summed E-state index contributed by atoms with van der Waals surface area (Å²) in [6.07, 6.45) is 6.26. The number of rotatable bonds is 8. The lowest BCUT2D eigenvalue weighted by Crippen LogP contribution is -2.11. The first-order chi connectivity index (χ1) is 16.0. The van der Waals surface area contributed by atoms with Gasteiger partial charge in [-0.05, 0) is 48.9 Å². The van der Waals surface area contributed by atoms with Crippen LogP contribution in [0.5, 0.6) is 11.5 Å². The second-order valence-corrected chi connectivity index (χ2v) is 7.16. The van der Waals surface area contributed by atoms with Crippen molar-refractivity contribution in [2.24, 2.45) is 0 Å². The number of carbonyl (C=O) groups is 2. The average molecular weight is 443 g/mol. The molecule has 0 unspecified atom stereocenters. The van der Waals surface area contributed by atoms with Gasteiger partial charge < -0.3 is 20.1 Å². The molecule has 168 valence electrons. The maximum Gasteiger partial charge on any atom is 0.248 e. The molecular weight excluding hydrogens is 416 g/mol. The largest absolute Gasteiger partial charge is 0.496 e. The van der Waals surface area contributed by atoms with E-state index in [4.69, 9.17) is 9.47 Å². The zero-order chi connectivity index (χ0) is 23.6. The first-order valence-corrected chi connectivity index (χ1v) is 10.3. The van der Waals surface area contributed by atoms with Crippen LogP contribution in [-0.2, 0) is 9.59 Å². The van der Waals surface area contributed by atoms with E-state index in [1.54, 1.807) is 38.5 Å². The number of hydrogen-bond donors (Lipinski definition) is 2. The standard InChI is InChI=1S/C27H26N2O4/c1-19-12-15-22(28-26(30)16-13-20-8-4-6-10-24(20)32-2)18-23(19)29-27(31)17-14-21-9-5-7-11-25(21)33-3/h4-18H,1-3H3,(H,28,30)(H,29,31). The highest BCUT2D eigenvalue weighted by Crippen LogP contribution is 2.22. The molecule has 6 nitrogen and oxygen atoms in total. The third kappa shape index (κ3) is 6.58. The van der Waals surface area contributed by atoms with Crippen molar-refractivity contribution in [2.75, 3.05) is 24.9 Å². The predicted molar refractivity (Wildman–Crippen MR) is 132 cm³/mol. The molecule has 0 aliphatic heterocycles. The van der Waals surface area contributed by atoms with Gasteiger partial charge in [-0.3, -0.25) is 9.59 Å². The molecule has 0 aliphatic carbocycles. The van der Waals surface area contributed by atoms with Crippen molar-refractivity contribution < 1.29 is 19.1 Å². The van der Waals surface area contributed by atoms with Crippen LogP contribution in [0.15, 0.2) is 78.9 Å². The molecule has 3 rings (SSSR count). The quantitative estimate of drug-likeness (QED) is 0.463. The van der Waals surface area contributed by atoms with Crippen LogP contribution in [0.3, 0.4) is 0 Å². The van der Waals surface area contributed by atoms with Gasteiger partial charge in [0.2, 0.25) is 11.8 Å². The fraction of sp³-hybridized carbons (Fsp3) is 0.111. The molecule has 0 heterocycles. The summed E-state index contributed by atoms with van der Waals surface area (Å²) in [4.78, 5) is 24.8. The van der Waals surface area contributed by atoms with E-state index in [-0.39, 0.29) is 11.8 Å². The number of anilines is 2. The Kier molecular flexibility index (Phi) is 8.02. The number of methoxy groups -OCH3 is 2. The highest BCUT2D eigenvalue weighted by molar-refractivity contribution is 6.04. The number of hydrogen-bond acceptors (Lipinski definition) is 4. The Labute approximate surface area is 193 Å². The van der Waals surface area contributed by atoms with Crippen LogP contribution in [0.4, 0.5) is 11.4 Å². The van der Waals surface area contributed by atoms with Gasteiger partial charge in [0, 0.05) is 34.7 Å². The third-order valence-electron chi connectivity index (χ3n) is 4.87. The van der Waals surface area contributed by atoms with Gasteiger partial charge in [-0.15, -0.1) is 0 Å². The Hall–Kier alpha value is -4.32.